The van der Waals surface area contributed by atoms with E-state index in [0.717, 1.165) is 49.6 Å². The Hall–Kier alpha value is -0.570. The minimum Gasteiger partial charge on any atom is -0.342 e. The Kier molecular flexibility index (Phi) is 3.33. The molecular weight excluding hydrogens is 260 g/mol. The van der Waals surface area contributed by atoms with Gasteiger partial charge in [0.1, 0.15) is 0 Å². The van der Waals surface area contributed by atoms with Crippen molar-refractivity contribution in [3.05, 3.63) is 0 Å². The normalized spacial score (nSPS) is 43.8. The highest BCUT2D eigenvalue weighted by molar-refractivity contribution is 5.82. The van der Waals surface area contributed by atoms with Crippen LogP contribution in [0, 0.1) is 29.1 Å². The van der Waals surface area contributed by atoms with Crippen LogP contribution in [0.1, 0.15) is 51.9 Å². The molecule has 4 aliphatic carbocycles. The minimum atomic E-state index is -0.116. The number of hydrogen-bond donors (Lipinski definition) is 1. The van der Waals surface area contributed by atoms with Gasteiger partial charge in [0.25, 0.3) is 0 Å². The molecule has 1 saturated heterocycles. The molecule has 21 heavy (non-hydrogen) atoms. The van der Waals surface area contributed by atoms with Gasteiger partial charge < -0.3 is 10.2 Å². The van der Waals surface area contributed by atoms with E-state index < -0.39 is 0 Å². The fourth-order valence-electron chi connectivity index (χ4n) is 6.28. The summed E-state index contributed by atoms with van der Waals surface area (Å²) in [6, 6.07) is 0.553. The van der Waals surface area contributed by atoms with E-state index >= 15 is 0 Å². The third-order valence-corrected chi connectivity index (χ3v) is 7.17. The molecule has 5 fully saturated rings. The van der Waals surface area contributed by atoms with Crippen LogP contribution in [0.5, 0.6) is 0 Å². The van der Waals surface area contributed by atoms with Gasteiger partial charge in [-0.3, -0.25) is 4.79 Å². The molecule has 1 N–H and O–H groups in total. The van der Waals surface area contributed by atoms with Gasteiger partial charge in [-0.05, 0) is 81.7 Å². The molecule has 1 amide bonds. The van der Waals surface area contributed by atoms with Gasteiger partial charge in [0, 0.05) is 18.5 Å². The van der Waals surface area contributed by atoms with E-state index in [0.29, 0.717) is 11.9 Å². The fraction of sp³-hybridized carbons (Fsp3) is 0.944. The van der Waals surface area contributed by atoms with E-state index in [9.17, 15) is 4.79 Å². The molecule has 0 atom stereocenters. The second-order valence-electron chi connectivity index (χ2n) is 8.65. The van der Waals surface area contributed by atoms with Gasteiger partial charge >= 0.3 is 0 Å². The van der Waals surface area contributed by atoms with Crippen molar-refractivity contribution in [3.8, 4) is 0 Å². The van der Waals surface area contributed by atoms with Gasteiger partial charge in [-0.15, -0.1) is 0 Å². The number of nitrogens with zero attached hydrogens (tertiary/aromatic N) is 1. The molecule has 3 heteroatoms. The van der Waals surface area contributed by atoms with E-state index in [1.807, 2.05) is 0 Å². The lowest BCUT2D eigenvalue weighted by molar-refractivity contribution is -0.152. The van der Waals surface area contributed by atoms with Crippen LogP contribution >= 0.6 is 0 Å². The number of hydrogen-bond acceptors (Lipinski definition) is 2. The lowest BCUT2D eigenvalue weighted by Gasteiger charge is -2.57. The first-order valence-corrected chi connectivity index (χ1v) is 9.05. The predicted molar refractivity (Wildman–Crippen MR) is 83.8 cm³/mol. The average molecular weight is 290 g/mol. The summed E-state index contributed by atoms with van der Waals surface area (Å²) in [6.07, 6.45) is 9.08. The molecule has 5 aliphatic rings. The predicted octanol–water partition coefficient (Wildman–Crippen LogP) is 2.66. The molecule has 0 spiro atoms. The van der Waals surface area contributed by atoms with Crippen LogP contribution in [0.25, 0.3) is 0 Å². The number of carbonyl (C=O) groups excluding carboxylic acids is 1. The van der Waals surface area contributed by atoms with Crippen LogP contribution in [-0.2, 0) is 4.79 Å². The Morgan fingerprint density at radius 1 is 1.00 bits per heavy atom. The lowest BCUT2D eigenvalue weighted by atomic mass is 9.53. The first-order valence-electron chi connectivity index (χ1n) is 9.05. The highest BCUT2D eigenvalue weighted by atomic mass is 16.2. The molecule has 4 bridgehead atoms. The Morgan fingerprint density at radius 2 is 1.52 bits per heavy atom. The van der Waals surface area contributed by atoms with Gasteiger partial charge in [0.15, 0.2) is 0 Å². The number of nitrogens with one attached hydrogen (secondary N) is 1. The molecule has 1 aliphatic heterocycles. The summed E-state index contributed by atoms with van der Waals surface area (Å²) in [5.41, 5.74) is -0.116. The summed E-state index contributed by atoms with van der Waals surface area (Å²) in [6.45, 7) is 4.19. The zero-order chi connectivity index (χ0) is 14.6. The number of amides is 1. The van der Waals surface area contributed by atoms with Gasteiger partial charge in [0.05, 0.1) is 0 Å². The van der Waals surface area contributed by atoms with Crippen molar-refractivity contribution >= 4 is 5.91 Å². The molecule has 5 rings (SSSR count). The summed E-state index contributed by atoms with van der Waals surface area (Å²) >= 11 is 0. The Labute approximate surface area is 128 Å². The molecule has 4 saturated carbocycles. The molecule has 118 valence electrons. The largest absolute Gasteiger partial charge is 0.342 e. The smallest absolute Gasteiger partial charge is 0.228 e. The van der Waals surface area contributed by atoms with Crippen molar-refractivity contribution in [2.75, 3.05) is 20.1 Å². The van der Waals surface area contributed by atoms with Crippen molar-refractivity contribution in [3.63, 3.8) is 0 Å². The molecule has 1 heterocycles. The topological polar surface area (TPSA) is 32.3 Å². The van der Waals surface area contributed by atoms with E-state index in [4.69, 9.17) is 0 Å². The second kappa shape index (κ2) is 4.97. The monoisotopic (exact) mass is 290 g/mol. The van der Waals surface area contributed by atoms with Crippen molar-refractivity contribution in [2.24, 2.45) is 29.1 Å². The van der Waals surface area contributed by atoms with E-state index in [1.54, 1.807) is 0 Å². The maximum atomic E-state index is 13.1. The highest BCUT2D eigenvalue weighted by Gasteiger charge is 2.51. The molecule has 0 aromatic carbocycles. The van der Waals surface area contributed by atoms with Gasteiger partial charge in [-0.2, -0.15) is 0 Å². The third-order valence-electron chi connectivity index (χ3n) is 7.17. The maximum absolute atomic E-state index is 13.1. The zero-order valence-electron chi connectivity index (χ0n) is 13.6. The third kappa shape index (κ3) is 2.23. The number of carbonyl (C=O) groups is 1. The highest BCUT2D eigenvalue weighted by Crippen LogP contribution is 2.55. The molecular formula is C18H30N2O. The summed E-state index contributed by atoms with van der Waals surface area (Å²) in [5.74, 6) is 4.02. The van der Waals surface area contributed by atoms with Gasteiger partial charge in [-0.25, -0.2) is 0 Å². The molecule has 0 aromatic heterocycles. The van der Waals surface area contributed by atoms with Crippen molar-refractivity contribution in [1.29, 1.82) is 0 Å². The summed E-state index contributed by atoms with van der Waals surface area (Å²) in [5, 5.41) is 3.39. The zero-order valence-corrected chi connectivity index (χ0v) is 13.6. The second-order valence-corrected chi connectivity index (χ2v) is 8.65. The van der Waals surface area contributed by atoms with E-state index in [-0.39, 0.29) is 5.41 Å². The van der Waals surface area contributed by atoms with Crippen molar-refractivity contribution < 1.29 is 4.79 Å². The van der Waals surface area contributed by atoms with Crippen LogP contribution in [0.2, 0.25) is 0 Å². The Morgan fingerprint density at radius 3 is 2.05 bits per heavy atom. The van der Waals surface area contributed by atoms with E-state index in [2.05, 4.69) is 24.2 Å². The number of rotatable bonds is 2. The van der Waals surface area contributed by atoms with Crippen LogP contribution in [-0.4, -0.2) is 37.0 Å². The minimum absolute atomic E-state index is 0.116. The first kappa shape index (κ1) is 14.0. The maximum Gasteiger partial charge on any atom is 0.228 e. The van der Waals surface area contributed by atoms with Crippen LogP contribution < -0.4 is 5.32 Å². The lowest BCUT2D eigenvalue weighted by Crippen LogP contribution is -2.59. The average Bonchev–Trinajstić information content (AvgIpc) is 2.46. The van der Waals surface area contributed by atoms with E-state index in [1.165, 1.54) is 32.1 Å². The summed E-state index contributed by atoms with van der Waals surface area (Å²) in [7, 11) is 2.11. The van der Waals surface area contributed by atoms with Gasteiger partial charge in [-0.1, -0.05) is 6.92 Å². The van der Waals surface area contributed by atoms with Crippen molar-refractivity contribution in [1.82, 2.24) is 10.2 Å². The molecule has 0 radical (unpaired) electrons. The Bertz CT molecular complexity index is 399. The van der Waals surface area contributed by atoms with Crippen LogP contribution in [0.4, 0.5) is 0 Å². The van der Waals surface area contributed by atoms with Crippen molar-refractivity contribution in [2.45, 2.75) is 57.9 Å². The van der Waals surface area contributed by atoms with Gasteiger partial charge in [0.2, 0.25) is 5.91 Å². The SMILES string of the molecule is CN(C(=O)C1(C)CCNCC1)C1C2CC3CC(C2)CC1C3. The number of piperidine rings is 1. The molecule has 0 unspecified atom stereocenters. The fourth-order valence-corrected chi connectivity index (χ4v) is 6.28. The molecule has 0 aromatic rings. The molecule has 3 nitrogen and oxygen atoms in total. The van der Waals surface area contributed by atoms with Crippen LogP contribution in [0.15, 0.2) is 0 Å². The quantitative estimate of drug-likeness (QED) is 0.848. The standard InChI is InChI=1S/C18H30N2O/c1-18(3-5-19-6-4-18)17(21)20(2)16-14-8-12-7-13(10-14)11-15(16)9-12/h12-16,19H,3-11H2,1-2H3. The van der Waals surface area contributed by atoms with Crippen LogP contribution in [0.3, 0.4) is 0 Å². The summed E-state index contributed by atoms with van der Waals surface area (Å²) < 4.78 is 0. The first-order chi connectivity index (χ1) is 10.1. The summed E-state index contributed by atoms with van der Waals surface area (Å²) in [4.78, 5) is 15.3. The Balaban J connectivity index is 1.52.